The van der Waals surface area contributed by atoms with E-state index in [1.165, 1.54) is 11.0 Å². The molecule has 0 saturated heterocycles. The van der Waals surface area contributed by atoms with E-state index in [0.717, 1.165) is 0 Å². The van der Waals surface area contributed by atoms with Crippen molar-refractivity contribution >= 4 is 17.8 Å². The Labute approximate surface area is 156 Å². The maximum Gasteiger partial charge on any atom is 0.339 e. The highest BCUT2D eigenvalue weighted by atomic mass is 16.5. The molecule has 2 N–H and O–H groups in total. The molecule has 2 aromatic rings. The number of furan rings is 1. The van der Waals surface area contributed by atoms with Crippen molar-refractivity contribution < 1.29 is 28.6 Å². The maximum absolute atomic E-state index is 12.3. The minimum absolute atomic E-state index is 0.0617. The van der Waals surface area contributed by atoms with Gasteiger partial charge in [0.2, 0.25) is 5.91 Å². The van der Waals surface area contributed by atoms with Crippen molar-refractivity contribution in [3.63, 3.8) is 0 Å². The standard InChI is InChI=1S/C19H22N2O6/c1-4-26-16-8-6-5-7-14(16)18(23)20-10-17(22)21(3)11-13-9-15(19(24)25)12(2)27-13/h5-9H,4,10-11H2,1-3H3,(H,20,23)(H,24,25). The summed E-state index contributed by atoms with van der Waals surface area (Å²) in [6, 6.07) is 8.17. The molecule has 8 heteroatoms. The Bertz CT molecular complexity index is 842. The van der Waals surface area contributed by atoms with Gasteiger partial charge >= 0.3 is 5.97 Å². The number of rotatable bonds is 8. The molecular formula is C19H22N2O6. The zero-order chi connectivity index (χ0) is 20.0. The van der Waals surface area contributed by atoms with E-state index in [1.54, 1.807) is 38.2 Å². The number of nitrogens with one attached hydrogen (secondary N) is 1. The number of aromatic carboxylic acids is 1. The first kappa shape index (κ1) is 20.0. The van der Waals surface area contributed by atoms with Gasteiger partial charge in [-0.05, 0) is 32.0 Å². The fraction of sp³-hybridized carbons (Fsp3) is 0.316. The molecule has 1 heterocycles. The molecule has 1 aromatic carbocycles. The molecule has 0 unspecified atom stereocenters. The quantitative estimate of drug-likeness (QED) is 0.732. The lowest BCUT2D eigenvalue weighted by molar-refractivity contribution is -0.129. The third kappa shape index (κ3) is 5.10. The van der Waals surface area contributed by atoms with Crippen LogP contribution in [0.5, 0.6) is 5.75 Å². The average molecular weight is 374 g/mol. The molecule has 27 heavy (non-hydrogen) atoms. The van der Waals surface area contributed by atoms with Gasteiger partial charge in [0, 0.05) is 7.05 Å². The second-order valence-corrected chi connectivity index (χ2v) is 5.85. The highest BCUT2D eigenvalue weighted by molar-refractivity contribution is 5.98. The Morgan fingerprint density at radius 2 is 1.93 bits per heavy atom. The molecule has 0 aliphatic rings. The predicted molar refractivity (Wildman–Crippen MR) is 96.8 cm³/mol. The van der Waals surface area contributed by atoms with E-state index in [9.17, 15) is 14.4 Å². The summed E-state index contributed by atoms with van der Waals surface area (Å²) in [4.78, 5) is 36.9. The molecule has 8 nitrogen and oxygen atoms in total. The van der Waals surface area contributed by atoms with Gasteiger partial charge in [0.15, 0.2) is 0 Å². The van der Waals surface area contributed by atoms with E-state index in [4.69, 9.17) is 14.3 Å². The Balaban J connectivity index is 1.94. The molecule has 0 spiro atoms. The van der Waals surface area contributed by atoms with Crippen molar-refractivity contribution in [1.82, 2.24) is 10.2 Å². The molecule has 144 valence electrons. The van der Waals surface area contributed by atoms with E-state index in [1.807, 2.05) is 6.92 Å². The minimum Gasteiger partial charge on any atom is -0.493 e. The van der Waals surface area contributed by atoms with Crippen LogP contribution in [0.3, 0.4) is 0 Å². The van der Waals surface area contributed by atoms with E-state index in [2.05, 4.69) is 5.32 Å². The topological polar surface area (TPSA) is 109 Å². The number of benzene rings is 1. The Kier molecular flexibility index (Phi) is 6.59. The lowest BCUT2D eigenvalue weighted by Gasteiger charge is -2.16. The molecule has 2 amide bonds. The van der Waals surface area contributed by atoms with Gasteiger partial charge in [0.25, 0.3) is 5.91 Å². The highest BCUT2D eigenvalue weighted by Gasteiger charge is 2.18. The molecule has 1 aromatic heterocycles. The monoisotopic (exact) mass is 374 g/mol. The third-order valence-electron chi connectivity index (χ3n) is 3.85. The van der Waals surface area contributed by atoms with Gasteiger partial charge in [-0.1, -0.05) is 12.1 Å². The zero-order valence-corrected chi connectivity index (χ0v) is 15.4. The van der Waals surface area contributed by atoms with Gasteiger partial charge in [-0.15, -0.1) is 0 Å². The lowest BCUT2D eigenvalue weighted by atomic mass is 10.2. The summed E-state index contributed by atoms with van der Waals surface area (Å²) in [5.74, 6) is -0.763. The molecule has 0 radical (unpaired) electrons. The van der Waals surface area contributed by atoms with Crippen LogP contribution in [0.15, 0.2) is 34.7 Å². The van der Waals surface area contributed by atoms with Gasteiger partial charge in [0.05, 0.1) is 25.3 Å². The number of nitrogens with zero attached hydrogens (tertiary/aromatic N) is 1. The Morgan fingerprint density at radius 3 is 2.56 bits per heavy atom. The first-order valence-corrected chi connectivity index (χ1v) is 8.40. The van der Waals surface area contributed by atoms with Crippen molar-refractivity contribution in [3.8, 4) is 5.75 Å². The van der Waals surface area contributed by atoms with Crippen molar-refractivity contribution in [2.24, 2.45) is 0 Å². The molecular weight excluding hydrogens is 352 g/mol. The first-order chi connectivity index (χ1) is 12.8. The van der Waals surface area contributed by atoms with Gasteiger partial charge in [-0.25, -0.2) is 4.79 Å². The summed E-state index contributed by atoms with van der Waals surface area (Å²) in [5, 5.41) is 11.6. The van der Waals surface area contributed by atoms with Gasteiger partial charge in [-0.3, -0.25) is 9.59 Å². The number of aryl methyl sites for hydroxylation is 1. The zero-order valence-electron chi connectivity index (χ0n) is 15.4. The fourth-order valence-corrected chi connectivity index (χ4v) is 2.48. The predicted octanol–water partition coefficient (Wildman–Crippen LogP) is 2.07. The van der Waals surface area contributed by atoms with Crippen LogP contribution in [0.2, 0.25) is 0 Å². The number of hydrogen-bond donors (Lipinski definition) is 2. The number of carboxylic acids is 1. The van der Waals surface area contributed by atoms with Crippen LogP contribution in [0.4, 0.5) is 0 Å². The van der Waals surface area contributed by atoms with E-state index in [-0.39, 0.29) is 30.3 Å². The number of para-hydroxylation sites is 1. The molecule has 0 bridgehead atoms. The van der Waals surface area contributed by atoms with E-state index in [0.29, 0.717) is 23.7 Å². The van der Waals surface area contributed by atoms with Crippen molar-refractivity contribution in [1.29, 1.82) is 0 Å². The number of ether oxygens (including phenoxy) is 1. The number of carbonyl (C=O) groups is 3. The largest absolute Gasteiger partial charge is 0.493 e. The summed E-state index contributed by atoms with van der Waals surface area (Å²) >= 11 is 0. The van der Waals surface area contributed by atoms with Crippen molar-refractivity contribution in [2.75, 3.05) is 20.2 Å². The fourth-order valence-electron chi connectivity index (χ4n) is 2.48. The van der Waals surface area contributed by atoms with Gasteiger partial charge in [-0.2, -0.15) is 0 Å². The molecule has 2 rings (SSSR count). The summed E-state index contributed by atoms with van der Waals surface area (Å²) in [6.07, 6.45) is 0. The van der Waals surface area contributed by atoms with Crippen LogP contribution in [0.25, 0.3) is 0 Å². The second kappa shape index (κ2) is 8.88. The van der Waals surface area contributed by atoms with Crippen molar-refractivity contribution in [2.45, 2.75) is 20.4 Å². The number of carboxylic acid groups (broad SMARTS) is 1. The van der Waals surface area contributed by atoms with E-state index < -0.39 is 11.9 Å². The molecule has 0 fully saturated rings. The van der Waals surface area contributed by atoms with Crippen LogP contribution in [-0.2, 0) is 11.3 Å². The van der Waals surface area contributed by atoms with Crippen molar-refractivity contribution in [3.05, 3.63) is 53.0 Å². The average Bonchev–Trinajstić information content (AvgIpc) is 3.00. The second-order valence-electron chi connectivity index (χ2n) is 5.85. The molecule has 0 aliphatic carbocycles. The van der Waals surface area contributed by atoms with Crippen LogP contribution in [-0.4, -0.2) is 48.0 Å². The number of likely N-dealkylation sites (N-methyl/N-ethyl adjacent to an activating group) is 1. The van der Waals surface area contributed by atoms with Gasteiger partial charge < -0.3 is 24.5 Å². The van der Waals surface area contributed by atoms with Gasteiger partial charge in [0.1, 0.15) is 22.8 Å². The number of carbonyl (C=O) groups excluding carboxylic acids is 2. The molecule has 0 atom stereocenters. The lowest BCUT2D eigenvalue weighted by Crippen LogP contribution is -2.37. The minimum atomic E-state index is -1.09. The molecule has 0 saturated carbocycles. The normalized spacial score (nSPS) is 10.3. The third-order valence-corrected chi connectivity index (χ3v) is 3.85. The maximum atomic E-state index is 12.3. The summed E-state index contributed by atoms with van der Waals surface area (Å²) < 4.78 is 10.8. The number of amides is 2. The summed E-state index contributed by atoms with van der Waals surface area (Å²) in [7, 11) is 1.54. The Morgan fingerprint density at radius 1 is 1.22 bits per heavy atom. The summed E-state index contributed by atoms with van der Waals surface area (Å²) in [5.41, 5.74) is 0.411. The molecule has 0 aliphatic heterocycles. The van der Waals surface area contributed by atoms with E-state index >= 15 is 0 Å². The van der Waals surface area contributed by atoms with Crippen LogP contribution >= 0.6 is 0 Å². The first-order valence-electron chi connectivity index (χ1n) is 8.40. The highest BCUT2D eigenvalue weighted by Crippen LogP contribution is 2.18. The van der Waals surface area contributed by atoms with Crippen LogP contribution in [0.1, 0.15) is 39.2 Å². The summed E-state index contributed by atoms with van der Waals surface area (Å²) in [6.45, 7) is 3.68. The number of hydrogen-bond acceptors (Lipinski definition) is 5. The van der Waals surface area contributed by atoms with Crippen LogP contribution < -0.4 is 10.1 Å². The Hall–Kier alpha value is -3.29. The van der Waals surface area contributed by atoms with Crippen LogP contribution in [0, 0.1) is 6.92 Å². The smallest absolute Gasteiger partial charge is 0.339 e. The SMILES string of the molecule is CCOc1ccccc1C(=O)NCC(=O)N(C)Cc1cc(C(=O)O)c(C)o1.